The van der Waals surface area contributed by atoms with Crippen LogP contribution in [0, 0.1) is 5.41 Å². The Kier molecular flexibility index (Phi) is 5.57. The lowest BCUT2D eigenvalue weighted by molar-refractivity contribution is -0.147. The van der Waals surface area contributed by atoms with Gasteiger partial charge in [0.05, 0.1) is 0 Å². The summed E-state index contributed by atoms with van der Waals surface area (Å²) < 4.78 is 5.04. The summed E-state index contributed by atoms with van der Waals surface area (Å²) >= 11 is 0. The molecule has 0 bridgehead atoms. The summed E-state index contributed by atoms with van der Waals surface area (Å²) in [6.07, 6.45) is 0. The number of hydrogen-bond acceptors (Lipinski definition) is 4. The minimum atomic E-state index is -0.809. The summed E-state index contributed by atoms with van der Waals surface area (Å²) in [5, 5.41) is 4.57. The average Bonchev–Trinajstić information content (AvgIpc) is 2.57. The first-order valence-electron chi connectivity index (χ1n) is 8.18. The number of rotatable bonds is 5. The molecule has 0 aliphatic carbocycles. The van der Waals surface area contributed by atoms with Gasteiger partial charge in [-0.1, -0.05) is 57.2 Å². The molecule has 0 saturated carbocycles. The van der Waals surface area contributed by atoms with Gasteiger partial charge in [0.1, 0.15) is 6.04 Å². The number of carbonyl (C=O) groups is 3. The van der Waals surface area contributed by atoms with E-state index in [1.54, 1.807) is 32.9 Å². The lowest BCUT2D eigenvalue weighted by Gasteiger charge is -2.20. The number of nitrogens with one attached hydrogen (secondary N) is 1. The molecule has 0 radical (unpaired) electrons. The highest BCUT2D eigenvalue weighted by Crippen LogP contribution is 2.16. The molecule has 0 aliphatic rings. The molecule has 0 fully saturated rings. The molecule has 0 saturated heterocycles. The van der Waals surface area contributed by atoms with Crippen LogP contribution in [0.25, 0.3) is 10.8 Å². The van der Waals surface area contributed by atoms with E-state index in [1.807, 2.05) is 30.3 Å². The second kappa shape index (κ2) is 7.47. The molecule has 0 aliphatic heterocycles. The van der Waals surface area contributed by atoms with Crippen molar-refractivity contribution in [2.45, 2.75) is 33.7 Å². The molecule has 2 aromatic carbocycles. The molecule has 5 heteroatoms. The number of Topliss-reactive ketones (excluding diaryl/α,β-unsaturated/α-hetero) is 1. The van der Waals surface area contributed by atoms with E-state index in [1.165, 1.54) is 6.92 Å². The maximum Gasteiger partial charge on any atom is 0.328 e. The van der Waals surface area contributed by atoms with E-state index in [4.69, 9.17) is 4.74 Å². The van der Waals surface area contributed by atoms with Crippen LogP contribution < -0.4 is 5.32 Å². The molecule has 0 aromatic heterocycles. The molecule has 132 valence electrons. The van der Waals surface area contributed by atoms with E-state index < -0.39 is 17.4 Å². The van der Waals surface area contributed by atoms with Crippen molar-refractivity contribution < 1.29 is 19.1 Å². The Balaban J connectivity index is 1.94. The van der Waals surface area contributed by atoms with Gasteiger partial charge in [0, 0.05) is 11.0 Å². The number of esters is 1. The molecule has 1 N–H and O–H groups in total. The Morgan fingerprint density at radius 3 is 2.32 bits per heavy atom. The first-order chi connectivity index (χ1) is 11.7. The van der Waals surface area contributed by atoms with Crippen LogP contribution in [0.1, 0.15) is 38.1 Å². The van der Waals surface area contributed by atoms with Gasteiger partial charge in [-0.05, 0) is 23.8 Å². The average molecular weight is 341 g/mol. The maximum absolute atomic E-state index is 12.2. The Hall–Kier alpha value is -2.69. The van der Waals surface area contributed by atoms with Crippen LogP contribution in [-0.2, 0) is 14.3 Å². The van der Waals surface area contributed by atoms with Gasteiger partial charge >= 0.3 is 5.97 Å². The number of hydrogen-bond donors (Lipinski definition) is 1. The number of fused-ring (bicyclic) bond motifs is 1. The highest BCUT2D eigenvalue weighted by molar-refractivity contribution is 6.01. The SMILES string of the molecule is CC(NC(=O)C(C)(C)C)C(=O)OCC(=O)c1ccc2ccccc2c1. The van der Waals surface area contributed by atoms with Crippen LogP contribution in [0.15, 0.2) is 42.5 Å². The lowest BCUT2D eigenvalue weighted by atomic mass is 9.95. The van der Waals surface area contributed by atoms with Crippen LogP contribution in [0.4, 0.5) is 0 Å². The number of carbonyl (C=O) groups excluding carboxylic acids is 3. The normalized spacial score (nSPS) is 12.5. The summed E-state index contributed by atoms with van der Waals surface area (Å²) in [5.41, 5.74) is -0.118. The summed E-state index contributed by atoms with van der Waals surface area (Å²) in [7, 11) is 0. The third-order valence-electron chi connectivity index (χ3n) is 3.80. The van der Waals surface area contributed by atoms with Gasteiger partial charge in [0.2, 0.25) is 5.91 Å². The quantitative estimate of drug-likeness (QED) is 0.670. The summed E-state index contributed by atoms with van der Waals surface area (Å²) in [5.74, 6) is -1.17. The van der Waals surface area contributed by atoms with Crippen molar-refractivity contribution in [2.24, 2.45) is 5.41 Å². The zero-order valence-corrected chi connectivity index (χ0v) is 15.0. The number of ketones is 1. The van der Waals surface area contributed by atoms with E-state index in [0.29, 0.717) is 5.56 Å². The minimum absolute atomic E-state index is 0.252. The van der Waals surface area contributed by atoms with Crippen LogP contribution in [0.3, 0.4) is 0 Å². The number of ether oxygens (including phenoxy) is 1. The molecular weight excluding hydrogens is 318 g/mol. The molecule has 2 aromatic rings. The fourth-order valence-electron chi connectivity index (χ4n) is 2.18. The maximum atomic E-state index is 12.2. The predicted molar refractivity (Wildman–Crippen MR) is 96.3 cm³/mol. The third-order valence-corrected chi connectivity index (χ3v) is 3.80. The highest BCUT2D eigenvalue weighted by Gasteiger charge is 2.26. The summed E-state index contributed by atoms with van der Waals surface area (Å²) in [6.45, 7) is 6.44. The standard InChI is InChI=1S/C20H23NO4/c1-13(21-19(24)20(2,3)4)18(23)25-12-17(22)16-10-9-14-7-5-6-8-15(14)11-16/h5-11,13H,12H2,1-4H3,(H,21,24). The van der Waals surface area contributed by atoms with Gasteiger partial charge in [-0.15, -0.1) is 0 Å². The second-order valence-corrected chi connectivity index (χ2v) is 7.04. The Morgan fingerprint density at radius 1 is 1.04 bits per heavy atom. The van der Waals surface area contributed by atoms with E-state index in [2.05, 4.69) is 5.32 Å². The van der Waals surface area contributed by atoms with E-state index >= 15 is 0 Å². The first-order valence-corrected chi connectivity index (χ1v) is 8.18. The zero-order valence-electron chi connectivity index (χ0n) is 15.0. The Bertz CT molecular complexity index is 805. The number of benzene rings is 2. The Morgan fingerprint density at radius 2 is 1.68 bits per heavy atom. The predicted octanol–water partition coefficient (Wildman–Crippen LogP) is 3.12. The molecular formula is C20H23NO4. The largest absolute Gasteiger partial charge is 0.456 e. The van der Waals surface area contributed by atoms with E-state index in [0.717, 1.165) is 10.8 Å². The van der Waals surface area contributed by atoms with E-state index in [9.17, 15) is 14.4 Å². The molecule has 25 heavy (non-hydrogen) atoms. The van der Waals surface area contributed by atoms with Crippen LogP contribution >= 0.6 is 0 Å². The zero-order chi connectivity index (χ0) is 18.6. The molecule has 0 spiro atoms. The molecule has 0 heterocycles. The monoisotopic (exact) mass is 341 g/mol. The van der Waals surface area contributed by atoms with Crippen molar-refractivity contribution >= 4 is 28.4 Å². The van der Waals surface area contributed by atoms with Crippen molar-refractivity contribution in [3.05, 3.63) is 48.0 Å². The molecule has 1 atom stereocenters. The fourth-order valence-corrected chi connectivity index (χ4v) is 2.18. The smallest absolute Gasteiger partial charge is 0.328 e. The van der Waals surface area contributed by atoms with Crippen molar-refractivity contribution in [2.75, 3.05) is 6.61 Å². The summed E-state index contributed by atoms with van der Waals surface area (Å²) in [6, 6.07) is 12.2. The topological polar surface area (TPSA) is 72.5 Å². The minimum Gasteiger partial charge on any atom is -0.456 e. The number of amides is 1. The second-order valence-electron chi connectivity index (χ2n) is 7.04. The van der Waals surface area contributed by atoms with Crippen LogP contribution in [0.5, 0.6) is 0 Å². The van der Waals surface area contributed by atoms with Crippen molar-refractivity contribution in [1.29, 1.82) is 0 Å². The van der Waals surface area contributed by atoms with Gasteiger partial charge in [-0.25, -0.2) is 4.79 Å². The molecule has 1 unspecified atom stereocenters. The van der Waals surface area contributed by atoms with Crippen molar-refractivity contribution in [3.8, 4) is 0 Å². The molecule has 1 amide bonds. The van der Waals surface area contributed by atoms with Crippen molar-refractivity contribution in [1.82, 2.24) is 5.32 Å². The molecule has 2 rings (SSSR count). The van der Waals surface area contributed by atoms with Crippen LogP contribution in [-0.4, -0.2) is 30.3 Å². The fraction of sp³-hybridized carbons (Fsp3) is 0.350. The van der Waals surface area contributed by atoms with Crippen molar-refractivity contribution in [3.63, 3.8) is 0 Å². The van der Waals surface area contributed by atoms with Gasteiger partial charge in [-0.3, -0.25) is 9.59 Å². The van der Waals surface area contributed by atoms with Crippen LogP contribution in [0.2, 0.25) is 0 Å². The highest BCUT2D eigenvalue weighted by atomic mass is 16.5. The third kappa shape index (κ3) is 4.89. The van der Waals surface area contributed by atoms with Gasteiger partial charge in [0.15, 0.2) is 12.4 Å². The van der Waals surface area contributed by atoms with Gasteiger partial charge in [-0.2, -0.15) is 0 Å². The summed E-state index contributed by atoms with van der Waals surface area (Å²) in [4.78, 5) is 36.1. The van der Waals surface area contributed by atoms with Gasteiger partial charge < -0.3 is 10.1 Å². The van der Waals surface area contributed by atoms with Gasteiger partial charge in [0.25, 0.3) is 0 Å². The first kappa shape index (κ1) is 18.6. The Labute approximate surface area is 147 Å². The lowest BCUT2D eigenvalue weighted by Crippen LogP contribution is -2.45. The molecule has 5 nitrogen and oxygen atoms in total. The van der Waals surface area contributed by atoms with E-state index in [-0.39, 0.29) is 18.3 Å².